The van der Waals surface area contributed by atoms with Gasteiger partial charge in [0.2, 0.25) is 0 Å². The van der Waals surface area contributed by atoms with Gasteiger partial charge in [-0.25, -0.2) is 9.97 Å². The van der Waals surface area contributed by atoms with Gasteiger partial charge in [-0.3, -0.25) is 0 Å². The molecule has 4 nitrogen and oxygen atoms in total. The van der Waals surface area contributed by atoms with E-state index in [1.807, 2.05) is 19.0 Å². The number of hydrogen-bond donors (Lipinski definition) is 1. The smallest absolute Gasteiger partial charge is 0.171 e. The highest BCUT2D eigenvalue weighted by molar-refractivity contribution is 5.60. The molecule has 2 rings (SSSR count). The van der Waals surface area contributed by atoms with Crippen LogP contribution in [0.25, 0.3) is 0 Å². The predicted octanol–water partition coefficient (Wildman–Crippen LogP) is 2.92. The number of nitrogens with one attached hydrogen (secondary N) is 1. The Labute approximate surface area is 110 Å². The van der Waals surface area contributed by atoms with Crippen LogP contribution in [0.2, 0.25) is 0 Å². The van der Waals surface area contributed by atoms with Crippen LogP contribution in [0.15, 0.2) is 12.4 Å². The highest BCUT2D eigenvalue weighted by Gasteiger charge is 2.28. The molecule has 1 aromatic heterocycles. The lowest BCUT2D eigenvalue weighted by Gasteiger charge is -2.36. The lowest BCUT2D eigenvalue weighted by atomic mass is 9.75. The van der Waals surface area contributed by atoms with Crippen molar-refractivity contribution >= 4 is 11.6 Å². The van der Waals surface area contributed by atoms with Gasteiger partial charge in [0.1, 0.15) is 0 Å². The zero-order valence-corrected chi connectivity index (χ0v) is 11.9. The van der Waals surface area contributed by atoms with Crippen molar-refractivity contribution in [3.8, 4) is 0 Å². The predicted molar refractivity (Wildman–Crippen MR) is 76.0 cm³/mol. The van der Waals surface area contributed by atoms with E-state index in [1.165, 1.54) is 25.7 Å². The summed E-state index contributed by atoms with van der Waals surface area (Å²) in [5.41, 5.74) is 0.441. The average Bonchev–Trinajstić information content (AvgIpc) is 2.28. The van der Waals surface area contributed by atoms with Crippen molar-refractivity contribution in [3.05, 3.63) is 12.4 Å². The van der Waals surface area contributed by atoms with Crippen LogP contribution in [0.5, 0.6) is 0 Å². The topological polar surface area (TPSA) is 41.1 Å². The molecule has 0 aliphatic heterocycles. The standard InChI is InChI=1S/C14H24N4/c1-14(2)7-5-6-11(10-14)17-12-13(18(3)4)16-9-8-15-12/h8-9,11H,5-7,10H2,1-4H3,(H,15,17). The number of anilines is 2. The first-order chi connectivity index (χ1) is 8.48. The van der Waals surface area contributed by atoms with Gasteiger partial charge in [-0.05, 0) is 24.7 Å². The molecule has 100 valence electrons. The molecular formula is C14H24N4. The fourth-order valence-corrected chi connectivity index (χ4v) is 2.77. The Morgan fingerprint density at radius 3 is 2.67 bits per heavy atom. The van der Waals surface area contributed by atoms with E-state index < -0.39 is 0 Å². The Morgan fingerprint density at radius 1 is 1.28 bits per heavy atom. The zero-order valence-electron chi connectivity index (χ0n) is 11.9. The maximum atomic E-state index is 4.43. The summed E-state index contributed by atoms with van der Waals surface area (Å²) in [6, 6.07) is 0.518. The highest BCUT2D eigenvalue weighted by atomic mass is 15.2. The first kappa shape index (κ1) is 13.1. The fraction of sp³-hybridized carbons (Fsp3) is 0.714. The molecule has 1 unspecified atom stereocenters. The molecule has 18 heavy (non-hydrogen) atoms. The number of rotatable bonds is 3. The van der Waals surface area contributed by atoms with E-state index in [0.717, 1.165) is 11.6 Å². The van der Waals surface area contributed by atoms with Crippen LogP contribution in [0.1, 0.15) is 39.5 Å². The average molecular weight is 248 g/mol. The van der Waals surface area contributed by atoms with Crippen molar-refractivity contribution in [1.82, 2.24) is 9.97 Å². The lowest BCUT2D eigenvalue weighted by molar-refractivity contribution is 0.229. The number of nitrogens with zero attached hydrogens (tertiary/aromatic N) is 3. The van der Waals surface area contributed by atoms with Crippen molar-refractivity contribution in [2.75, 3.05) is 24.3 Å². The van der Waals surface area contributed by atoms with Gasteiger partial charge in [-0.1, -0.05) is 20.3 Å². The minimum Gasteiger partial charge on any atom is -0.364 e. The molecule has 1 fully saturated rings. The molecule has 1 N–H and O–H groups in total. The molecule has 0 spiro atoms. The van der Waals surface area contributed by atoms with Crippen molar-refractivity contribution in [2.24, 2.45) is 5.41 Å². The molecule has 1 aromatic rings. The van der Waals surface area contributed by atoms with Crippen LogP contribution < -0.4 is 10.2 Å². The second-order valence-electron chi connectivity index (χ2n) is 6.22. The summed E-state index contributed by atoms with van der Waals surface area (Å²) in [5.74, 6) is 1.83. The second-order valence-corrected chi connectivity index (χ2v) is 6.22. The first-order valence-electron chi connectivity index (χ1n) is 6.73. The molecule has 0 amide bonds. The van der Waals surface area contributed by atoms with Gasteiger partial charge in [0.05, 0.1) is 0 Å². The van der Waals surface area contributed by atoms with Gasteiger partial charge in [0.25, 0.3) is 0 Å². The summed E-state index contributed by atoms with van der Waals surface area (Å²) >= 11 is 0. The number of hydrogen-bond acceptors (Lipinski definition) is 4. The summed E-state index contributed by atoms with van der Waals surface area (Å²) in [7, 11) is 4.00. The second kappa shape index (κ2) is 5.12. The molecule has 0 aromatic carbocycles. The third-order valence-electron chi connectivity index (χ3n) is 3.65. The van der Waals surface area contributed by atoms with Crippen LogP contribution in [0.3, 0.4) is 0 Å². The van der Waals surface area contributed by atoms with E-state index in [-0.39, 0.29) is 0 Å². The van der Waals surface area contributed by atoms with Crippen LogP contribution in [-0.4, -0.2) is 30.1 Å². The SMILES string of the molecule is CN(C)c1nccnc1NC1CCCC(C)(C)C1. The Hall–Kier alpha value is -1.32. The van der Waals surface area contributed by atoms with Gasteiger partial charge in [-0.2, -0.15) is 0 Å². The van der Waals surface area contributed by atoms with E-state index in [0.29, 0.717) is 11.5 Å². The molecule has 1 aliphatic carbocycles. The van der Waals surface area contributed by atoms with Gasteiger partial charge in [-0.15, -0.1) is 0 Å². The van der Waals surface area contributed by atoms with E-state index in [9.17, 15) is 0 Å². The van der Waals surface area contributed by atoms with Gasteiger partial charge in [0.15, 0.2) is 11.6 Å². The maximum Gasteiger partial charge on any atom is 0.171 e. The van der Waals surface area contributed by atoms with Crippen LogP contribution in [0.4, 0.5) is 11.6 Å². The van der Waals surface area contributed by atoms with E-state index >= 15 is 0 Å². The van der Waals surface area contributed by atoms with Crippen LogP contribution >= 0.6 is 0 Å². The summed E-state index contributed by atoms with van der Waals surface area (Å²) in [5, 5.41) is 3.57. The van der Waals surface area contributed by atoms with Crippen LogP contribution in [0, 0.1) is 5.41 Å². The molecule has 1 atom stereocenters. The molecule has 1 aliphatic rings. The van der Waals surface area contributed by atoms with Crippen LogP contribution in [-0.2, 0) is 0 Å². The Kier molecular flexibility index (Phi) is 3.73. The van der Waals surface area contributed by atoms with Crippen molar-refractivity contribution in [2.45, 2.75) is 45.6 Å². The number of aromatic nitrogens is 2. The third-order valence-corrected chi connectivity index (χ3v) is 3.65. The quantitative estimate of drug-likeness (QED) is 0.893. The zero-order chi connectivity index (χ0) is 13.2. The molecule has 4 heteroatoms. The first-order valence-corrected chi connectivity index (χ1v) is 6.73. The summed E-state index contributed by atoms with van der Waals surface area (Å²) in [6.07, 6.45) is 8.55. The van der Waals surface area contributed by atoms with E-state index in [4.69, 9.17) is 0 Å². The molecule has 0 saturated heterocycles. The van der Waals surface area contributed by atoms with Gasteiger partial charge < -0.3 is 10.2 Å². The summed E-state index contributed by atoms with van der Waals surface area (Å²) < 4.78 is 0. The monoisotopic (exact) mass is 248 g/mol. The van der Waals surface area contributed by atoms with Crippen molar-refractivity contribution in [1.29, 1.82) is 0 Å². The van der Waals surface area contributed by atoms with Gasteiger partial charge >= 0.3 is 0 Å². The van der Waals surface area contributed by atoms with Crippen molar-refractivity contribution in [3.63, 3.8) is 0 Å². The lowest BCUT2D eigenvalue weighted by Crippen LogP contribution is -2.32. The molecule has 1 saturated carbocycles. The molecule has 0 radical (unpaired) electrons. The minimum atomic E-state index is 0.441. The Morgan fingerprint density at radius 2 is 2.00 bits per heavy atom. The normalized spacial score (nSPS) is 22.6. The van der Waals surface area contributed by atoms with E-state index in [1.54, 1.807) is 12.4 Å². The van der Waals surface area contributed by atoms with Crippen molar-refractivity contribution < 1.29 is 0 Å². The summed E-state index contributed by atoms with van der Waals surface area (Å²) in [6.45, 7) is 4.70. The Balaban J connectivity index is 2.09. The molecular weight excluding hydrogens is 224 g/mol. The minimum absolute atomic E-state index is 0.441. The maximum absolute atomic E-state index is 4.43. The third kappa shape index (κ3) is 3.12. The summed E-state index contributed by atoms with van der Waals surface area (Å²) in [4.78, 5) is 10.8. The van der Waals surface area contributed by atoms with Gasteiger partial charge in [0, 0.05) is 32.5 Å². The Bertz CT molecular complexity index is 401. The highest BCUT2D eigenvalue weighted by Crippen LogP contribution is 2.36. The molecule has 0 bridgehead atoms. The largest absolute Gasteiger partial charge is 0.364 e. The molecule has 1 heterocycles. The van der Waals surface area contributed by atoms with E-state index in [2.05, 4.69) is 29.1 Å². The fourth-order valence-electron chi connectivity index (χ4n) is 2.77.